The van der Waals surface area contributed by atoms with Crippen LogP contribution in [0.5, 0.6) is 17.2 Å². The predicted octanol–water partition coefficient (Wildman–Crippen LogP) is 5.27. The fourth-order valence-electron chi connectivity index (χ4n) is 3.22. The SMILES string of the molecule is O=C(NN=Cc1cccc(OC(=O)c2sc3ccccc3c2Cl)c1)c1ccc2c(c1)OCO2. The summed E-state index contributed by atoms with van der Waals surface area (Å²) in [5.41, 5.74) is 3.48. The van der Waals surface area contributed by atoms with Crippen molar-refractivity contribution in [3.63, 3.8) is 0 Å². The minimum absolute atomic E-state index is 0.134. The van der Waals surface area contributed by atoms with Gasteiger partial charge in [-0.3, -0.25) is 4.79 Å². The minimum atomic E-state index is -0.536. The summed E-state index contributed by atoms with van der Waals surface area (Å²) in [6.45, 7) is 0.134. The van der Waals surface area contributed by atoms with Crippen LogP contribution in [-0.4, -0.2) is 24.9 Å². The Labute approximate surface area is 197 Å². The molecule has 33 heavy (non-hydrogen) atoms. The van der Waals surface area contributed by atoms with Gasteiger partial charge in [0.05, 0.1) is 11.2 Å². The van der Waals surface area contributed by atoms with E-state index in [9.17, 15) is 9.59 Å². The van der Waals surface area contributed by atoms with Crippen LogP contribution in [0.2, 0.25) is 5.02 Å². The van der Waals surface area contributed by atoms with Gasteiger partial charge in [-0.15, -0.1) is 11.3 Å². The Kier molecular flexibility index (Phi) is 5.68. The van der Waals surface area contributed by atoms with Gasteiger partial charge < -0.3 is 14.2 Å². The van der Waals surface area contributed by atoms with Crippen molar-refractivity contribution in [3.8, 4) is 17.2 Å². The zero-order valence-electron chi connectivity index (χ0n) is 16.9. The first kappa shape index (κ1) is 21.0. The second-order valence-corrected chi connectivity index (χ2v) is 8.40. The van der Waals surface area contributed by atoms with E-state index in [1.54, 1.807) is 42.5 Å². The summed E-state index contributed by atoms with van der Waals surface area (Å²) < 4.78 is 16.9. The first-order valence-electron chi connectivity index (χ1n) is 9.81. The molecule has 0 saturated heterocycles. The average molecular weight is 479 g/mol. The lowest BCUT2D eigenvalue weighted by molar-refractivity contribution is 0.0739. The molecular weight excluding hydrogens is 464 g/mol. The fourth-order valence-corrected chi connectivity index (χ4v) is 4.61. The number of halogens is 1. The van der Waals surface area contributed by atoms with Gasteiger partial charge in [-0.1, -0.05) is 41.9 Å². The maximum Gasteiger partial charge on any atom is 0.355 e. The minimum Gasteiger partial charge on any atom is -0.454 e. The molecule has 0 fully saturated rings. The lowest BCUT2D eigenvalue weighted by atomic mass is 10.2. The Morgan fingerprint density at radius 3 is 2.76 bits per heavy atom. The molecule has 1 aliphatic rings. The van der Waals surface area contributed by atoms with Crippen molar-refractivity contribution < 1.29 is 23.8 Å². The van der Waals surface area contributed by atoms with E-state index in [2.05, 4.69) is 10.5 Å². The van der Waals surface area contributed by atoms with Gasteiger partial charge in [-0.2, -0.15) is 5.10 Å². The van der Waals surface area contributed by atoms with Crippen LogP contribution in [0.3, 0.4) is 0 Å². The Balaban J connectivity index is 1.25. The number of hydrazone groups is 1. The van der Waals surface area contributed by atoms with Crippen LogP contribution in [0.25, 0.3) is 10.1 Å². The molecule has 164 valence electrons. The number of rotatable bonds is 5. The topological polar surface area (TPSA) is 86.2 Å². The number of nitrogens with one attached hydrogen (secondary N) is 1. The molecule has 1 aliphatic heterocycles. The Morgan fingerprint density at radius 1 is 1.03 bits per heavy atom. The van der Waals surface area contributed by atoms with Crippen LogP contribution in [-0.2, 0) is 0 Å². The van der Waals surface area contributed by atoms with Crippen molar-refractivity contribution in [1.82, 2.24) is 5.43 Å². The van der Waals surface area contributed by atoms with Gasteiger partial charge in [0.2, 0.25) is 6.79 Å². The van der Waals surface area contributed by atoms with Gasteiger partial charge >= 0.3 is 5.97 Å². The molecule has 0 spiro atoms. The quantitative estimate of drug-likeness (QED) is 0.183. The van der Waals surface area contributed by atoms with Gasteiger partial charge in [0, 0.05) is 15.6 Å². The van der Waals surface area contributed by atoms with E-state index in [-0.39, 0.29) is 6.79 Å². The number of carbonyl (C=O) groups is 2. The standard InChI is InChI=1S/C24H15ClN2O5S/c25-21-17-6-1-2-7-20(17)33-22(21)24(29)32-16-5-3-4-14(10-16)12-26-27-23(28)15-8-9-18-19(11-15)31-13-30-18/h1-12H,13H2,(H,27,28). The highest BCUT2D eigenvalue weighted by Gasteiger charge is 2.19. The van der Waals surface area contributed by atoms with Crippen molar-refractivity contribution >= 4 is 51.1 Å². The van der Waals surface area contributed by atoms with E-state index < -0.39 is 11.9 Å². The van der Waals surface area contributed by atoms with E-state index in [4.69, 9.17) is 25.8 Å². The predicted molar refractivity (Wildman–Crippen MR) is 126 cm³/mol. The highest BCUT2D eigenvalue weighted by molar-refractivity contribution is 7.21. The van der Waals surface area contributed by atoms with E-state index in [1.165, 1.54) is 17.6 Å². The third kappa shape index (κ3) is 4.39. The smallest absolute Gasteiger partial charge is 0.355 e. The Morgan fingerprint density at radius 2 is 1.88 bits per heavy atom. The van der Waals surface area contributed by atoms with Crippen LogP contribution < -0.4 is 19.6 Å². The van der Waals surface area contributed by atoms with Crippen molar-refractivity contribution in [3.05, 3.63) is 87.8 Å². The van der Waals surface area contributed by atoms with Crippen LogP contribution in [0.4, 0.5) is 0 Å². The molecule has 3 aromatic carbocycles. The number of carbonyl (C=O) groups excluding carboxylic acids is 2. The molecule has 0 unspecified atom stereocenters. The number of ether oxygens (including phenoxy) is 3. The summed E-state index contributed by atoms with van der Waals surface area (Å²) in [4.78, 5) is 25.3. The molecule has 7 nitrogen and oxygen atoms in total. The van der Waals surface area contributed by atoms with Crippen LogP contribution in [0.15, 0.2) is 71.8 Å². The molecule has 4 aromatic rings. The van der Waals surface area contributed by atoms with Gasteiger partial charge in [-0.25, -0.2) is 10.2 Å². The second-order valence-electron chi connectivity index (χ2n) is 6.97. The number of hydrogen-bond acceptors (Lipinski definition) is 7. The molecule has 1 N–H and O–H groups in total. The van der Waals surface area contributed by atoms with Gasteiger partial charge in [0.15, 0.2) is 11.5 Å². The molecule has 0 aliphatic carbocycles. The zero-order valence-corrected chi connectivity index (χ0v) is 18.5. The highest BCUT2D eigenvalue weighted by atomic mass is 35.5. The summed E-state index contributed by atoms with van der Waals surface area (Å²) in [5.74, 6) is 0.510. The maximum atomic E-state index is 12.7. The van der Waals surface area contributed by atoms with E-state index >= 15 is 0 Å². The monoisotopic (exact) mass is 478 g/mol. The van der Waals surface area contributed by atoms with Crippen LogP contribution in [0.1, 0.15) is 25.6 Å². The van der Waals surface area contributed by atoms with Crippen LogP contribution in [0, 0.1) is 0 Å². The lowest BCUT2D eigenvalue weighted by Gasteiger charge is -2.04. The summed E-state index contributed by atoms with van der Waals surface area (Å²) >= 11 is 7.64. The number of hydrogen-bond donors (Lipinski definition) is 1. The number of amides is 1. The highest BCUT2D eigenvalue weighted by Crippen LogP contribution is 2.36. The lowest BCUT2D eigenvalue weighted by Crippen LogP contribution is -2.17. The third-order valence-electron chi connectivity index (χ3n) is 4.80. The maximum absolute atomic E-state index is 12.7. The molecule has 0 radical (unpaired) electrons. The first-order valence-corrected chi connectivity index (χ1v) is 11.0. The number of benzene rings is 3. The van der Waals surface area contributed by atoms with Crippen LogP contribution >= 0.6 is 22.9 Å². The summed E-state index contributed by atoms with van der Waals surface area (Å²) in [5, 5.41) is 5.17. The molecule has 9 heteroatoms. The molecule has 0 bridgehead atoms. The number of fused-ring (bicyclic) bond motifs is 2. The van der Waals surface area contributed by atoms with Crippen molar-refractivity contribution in [2.45, 2.75) is 0 Å². The molecule has 0 atom stereocenters. The molecule has 1 aromatic heterocycles. The van der Waals surface area contributed by atoms with Gasteiger partial charge in [-0.05, 0) is 42.0 Å². The fraction of sp³-hybridized carbons (Fsp3) is 0.0417. The Bertz CT molecular complexity index is 1420. The molecular formula is C24H15ClN2O5S. The van der Waals surface area contributed by atoms with Gasteiger partial charge in [0.25, 0.3) is 5.91 Å². The average Bonchev–Trinajstić information content (AvgIpc) is 3.43. The summed E-state index contributed by atoms with van der Waals surface area (Å²) in [7, 11) is 0. The molecule has 0 saturated carbocycles. The van der Waals surface area contributed by atoms with E-state index in [0.29, 0.717) is 38.3 Å². The van der Waals surface area contributed by atoms with Crippen molar-refractivity contribution in [2.75, 3.05) is 6.79 Å². The molecule has 1 amide bonds. The summed E-state index contributed by atoms with van der Waals surface area (Å²) in [6, 6.07) is 19.2. The normalized spacial score (nSPS) is 12.3. The largest absolute Gasteiger partial charge is 0.454 e. The Hall–Kier alpha value is -3.88. The van der Waals surface area contributed by atoms with E-state index in [0.717, 1.165) is 10.1 Å². The second kappa shape index (κ2) is 8.93. The first-order chi connectivity index (χ1) is 16.1. The number of thiophene rings is 1. The number of esters is 1. The third-order valence-corrected chi connectivity index (χ3v) is 6.46. The van der Waals surface area contributed by atoms with Crippen molar-refractivity contribution in [1.29, 1.82) is 0 Å². The van der Waals surface area contributed by atoms with Gasteiger partial charge in [0.1, 0.15) is 10.6 Å². The van der Waals surface area contributed by atoms with E-state index in [1.807, 2.05) is 24.3 Å². The van der Waals surface area contributed by atoms with Crippen molar-refractivity contribution in [2.24, 2.45) is 5.10 Å². The molecule has 5 rings (SSSR count). The number of nitrogens with zero attached hydrogens (tertiary/aromatic N) is 1. The summed E-state index contributed by atoms with van der Waals surface area (Å²) in [6.07, 6.45) is 1.45. The molecule has 2 heterocycles. The zero-order chi connectivity index (χ0) is 22.8.